The van der Waals surface area contributed by atoms with E-state index < -0.39 is 17.2 Å². The van der Waals surface area contributed by atoms with Gasteiger partial charge in [0.25, 0.3) is 0 Å². The quantitative estimate of drug-likeness (QED) is 0.900. The second-order valence-corrected chi connectivity index (χ2v) is 5.11. The molecular formula is C15H13ClF2O. The van der Waals surface area contributed by atoms with E-state index in [0.29, 0.717) is 5.02 Å². The summed E-state index contributed by atoms with van der Waals surface area (Å²) in [5.74, 6) is -1.50. The van der Waals surface area contributed by atoms with Crippen LogP contribution in [-0.2, 0) is 12.0 Å². The van der Waals surface area contributed by atoms with Gasteiger partial charge in [-0.05, 0) is 36.8 Å². The molecule has 0 bridgehead atoms. The van der Waals surface area contributed by atoms with Crippen LogP contribution in [0.4, 0.5) is 8.78 Å². The van der Waals surface area contributed by atoms with Crippen molar-refractivity contribution in [2.24, 2.45) is 0 Å². The summed E-state index contributed by atoms with van der Waals surface area (Å²) in [6.45, 7) is 1.39. The van der Waals surface area contributed by atoms with Crippen molar-refractivity contribution in [2.45, 2.75) is 18.9 Å². The largest absolute Gasteiger partial charge is 0.385 e. The van der Waals surface area contributed by atoms with Crippen LogP contribution in [0.3, 0.4) is 0 Å². The minimum atomic E-state index is -1.62. The summed E-state index contributed by atoms with van der Waals surface area (Å²) in [6, 6.07) is 10.3. The number of halogens is 3. The molecule has 0 amide bonds. The smallest absolute Gasteiger partial charge is 0.132 e. The van der Waals surface area contributed by atoms with Crippen LogP contribution in [0.2, 0.25) is 5.02 Å². The Morgan fingerprint density at radius 3 is 2.11 bits per heavy atom. The Bertz CT molecular complexity index is 559. The maximum atomic E-state index is 13.7. The average Bonchev–Trinajstić information content (AvgIpc) is 2.31. The molecule has 0 heterocycles. The molecule has 100 valence electrons. The second-order valence-electron chi connectivity index (χ2n) is 4.67. The molecule has 0 saturated heterocycles. The van der Waals surface area contributed by atoms with Crippen LogP contribution in [0, 0.1) is 11.6 Å². The Kier molecular flexibility index (Phi) is 3.88. The first-order valence-corrected chi connectivity index (χ1v) is 6.19. The summed E-state index contributed by atoms with van der Waals surface area (Å²) < 4.78 is 27.4. The summed E-state index contributed by atoms with van der Waals surface area (Å²) in [7, 11) is 0. The van der Waals surface area contributed by atoms with E-state index in [0.717, 1.165) is 17.7 Å². The van der Waals surface area contributed by atoms with Gasteiger partial charge >= 0.3 is 0 Å². The third kappa shape index (κ3) is 3.11. The zero-order valence-corrected chi connectivity index (χ0v) is 11.1. The zero-order valence-electron chi connectivity index (χ0n) is 10.3. The Morgan fingerprint density at radius 2 is 1.58 bits per heavy atom. The van der Waals surface area contributed by atoms with Gasteiger partial charge in [0, 0.05) is 11.4 Å². The van der Waals surface area contributed by atoms with Gasteiger partial charge in [0.05, 0.1) is 11.2 Å². The molecule has 0 aliphatic rings. The summed E-state index contributed by atoms with van der Waals surface area (Å²) in [5.41, 5.74) is -1.19. The number of benzene rings is 2. The first-order chi connectivity index (χ1) is 8.90. The SMILES string of the molecule is CC(O)(Cc1ccc(Cl)cc1)c1c(F)cccc1F. The van der Waals surface area contributed by atoms with Crippen molar-refractivity contribution in [1.29, 1.82) is 0 Å². The molecule has 0 spiro atoms. The highest BCUT2D eigenvalue weighted by Gasteiger charge is 2.30. The highest BCUT2D eigenvalue weighted by atomic mass is 35.5. The summed E-state index contributed by atoms with van der Waals surface area (Å²) in [5, 5.41) is 10.9. The molecule has 0 aliphatic carbocycles. The number of rotatable bonds is 3. The molecule has 1 nitrogen and oxygen atoms in total. The highest BCUT2D eigenvalue weighted by Crippen LogP contribution is 2.30. The van der Waals surface area contributed by atoms with Gasteiger partial charge in [0.1, 0.15) is 11.6 Å². The lowest BCUT2D eigenvalue weighted by atomic mass is 9.88. The lowest BCUT2D eigenvalue weighted by Gasteiger charge is -2.25. The van der Waals surface area contributed by atoms with Crippen LogP contribution in [0.15, 0.2) is 42.5 Å². The van der Waals surface area contributed by atoms with Gasteiger partial charge in [-0.3, -0.25) is 0 Å². The standard InChI is InChI=1S/C15H13ClF2O/c1-15(19,9-10-5-7-11(16)8-6-10)14-12(17)3-2-4-13(14)18/h2-8,19H,9H2,1H3. The Balaban J connectivity index is 2.34. The van der Waals surface area contributed by atoms with E-state index in [2.05, 4.69) is 0 Å². The van der Waals surface area contributed by atoms with Crippen LogP contribution in [0.5, 0.6) is 0 Å². The van der Waals surface area contributed by atoms with Crippen LogP contribution < -0.4 is 0 Å². The van der Waals surface area contributed by atoms with Crippen molar-refractivity contribution in [3.63, 3.8) is 0 Å². The van der Waals surface area contributed by atoms with Gasteiger partial charge in [-0.2, -0.15) is 0 Å². The highest BCUT2D eigenvalue weighted by molar-refractivity contribution is 6.30. The van der Waals surface area contributed by atoms with E-state index >= 15 is 0 Å². The maximum Gasteiger partial charge on any atom is 0.132 e. The molecule has 0 radical (unpaired) electrons. The van der Waals surface area contributed by atoms with Gasteiger partial charge < -0.3 is 5.11 Å². The van der Waals surface area contributed by atoms with E-state index in [1.807, 2.05) is 0 Å². The van der Waals surface area contributed by atoms with Crippen molar-refractivity contribution in [1.82, 2.24) is 0 Å². The monoisotopic (exact) mass is 282 g/mol. The molecular weight excluding hydrogens is 270 g/mol. The third-order valence-electron chi connectivity index (χ3n) is 2.96. The van der Waals surface area contributed by atoms with Crippen LogP contribution >= 0.6 is 11.6 Å². The molecule has 2 rings (SSSR count). The van der Waals surface area contributed by atoms with Gasteiger partial charge in [0.2, 0.25) is 0 Å². The predicted molar refractivity (Wildman–Crippen MR) is 71.1 cm³/mol. The maximum absolute atomic E-state index is 13.7. The van der Waals surface area contributed by atoms with Crippen LogP contribution in [-0.4, -0.2) is 5.11 Å². The van der Waals surface area contributed by atoms with E-state index in [1.54, 1.807) is 24.3 Å². The van der Waals surface area contributed by atoms with Crippen LogP contribution in [0.25, 0.3) is 0 Å². The van der Waals surface area contributed by atoms with Gasteiger partial charge in [-0.1, -0.05) is 29.8 Å². The predicted octanol–water partition coefficient (Wildman–Crippen LogP) is 4.07. The Labute approximate surface area is 115 Å². The van der Waals surface area contributed by atoms with E-state index in [1.165, 1.54) is 13.0 Å². The summed E-state index contributed by atoms with van der Waals surface area (Å²) in [4.78, 5) is 0. The van der Waals surface area contributed by atoms with Crippen molar-refractivity contribution in [2.75, 3.05) is 0 Å². The molecule has 0 aromatic heterocycles. The number of aliphatic hydroxyl groups is 1. The number of hydrogen-bond acceptors (Lipinski definition) is 1. The molecule has 1 unspecified atom stereocenters. The van der Waals surface area contributed by atoms with E-state index in [4.69, 9.17) is 11.6 Å². The molecule has 1 atom stereocenters. The molecule has 0 fully saturated rings. The average molecular weight is 283 g/mol. The topological polar surface area (TPSA) is 20.2 Å². The van der Waals surface area contributed by atoms with E-state index in [9.17, 15) is 13.9 Å². The first-order valence-electron chi connectivity index (χ1n) is 5.81. The van der Waals surface area contributed by atoms with Crippen molar-refractivity contribution in [3.8, 4) is 0 Å². The normalized spacial score (nSPS) is 14.2. The molecule has 19 heavy (non-hydrogen) atoms. The molecule has 2 aromatic carbocycles. The fourth-order valence-electron chi connectivity index (χ4n) is 2.10. The minimum absolute atomic E-state index is 0.0992. The Hall–Kier alpha value is -1.45. The third-order valence-corrected chi connectivity index (χ3v) is 3.21. The minimum Gasteiger partial charge on any atom is -0.385 e. The van der Waals surface area contributed by atoms with Crippen molar-refractivity contribution < 1.29 is 13.9 Å². The van der Waals surface area contributed by atoms with Gasteiger partial charge in [-0.25, -0.2) is 8.78 Å². The van der Waals surface area contributed by atoms with Crippen molar-refractivity contribution >= 4 is 11.6 Å². The molecule has 0 saturated carbocycles. The first kappa shape index (κ1) is 14.0. The zero-order chi connectivity index (χ0) is 14.0. The molecule has 0 aliphatic heterocycles. The van der Waals surface area contributed by atoms with E-state index in [-0.39, 0.29) is 12.0 Å². The number of hydrogen-bond donors (Lipinski definition) is 1. The molecule has 1 N–H and O–H groups in total. The fraction of sp³-hybridized carbons (Fsp3) is 0.200. The fourth-order valence-corrected chi connectivity index (χ4v) is 2.23. The lowest BCUT2D eigenvalue weighted by molar-refractivity contribution is 0.0497. The Morgan fingerprint density at radius 1 is 1.05 bits per heavy atom. The molecule has 2 aromatic rings. The second kappa shape index (κ2) is 5.27. The summed E-state index contributed by atoms with van der Waals surface area (Å²) in [6.07, 6.45) is 0.0992. The molecule has 4 heteroatoms. The summed E-state index contributed by atoms with van der Waals surface area (Å²) >= 11 is 5.77. The van der Waals surface area contributed by atoms with Crippen molar-refractivity contribution in [3.05, 3.63) is 70.2 Å². The lowest BCUT2D eigenvalue weighted by Crippen LogP contribution is -2.27. The van der Waals surface area contributed by atoms with Gasteiger partial charge in [0.15, 0.2) is 0 Å². The van der Waals surface area contributed by atoms with Crippen LogP contribution in [0.1, 0.15) is 18.1 Å². The van der Waals surface area contributed by atoms with Gasteiger partial charge in [-0.15, -0.1) is 0 Å².